The van der Waals surface area contributed by atoms with Gasteiger partial charge in [0.25, 0.3) is 0 Å². The van der Waals surface area contributed by atoms with E-state index in [1.165, 1.54) is 11.3 Å². The number of hydrogen-bond donors (Lipinski definition) is 3. The van der Waals surface area contributed by atoms with Crippen LogP contribution in [0.4, 0.5) is 5.13 Å². The Morgan fingerprint density at radius 3 is 2.41 bits per heavy atom. The van der Waals surface area contributed by atoms with Crippen molar-refractivity contribution in [3.05, 3.63) is 47.6 Å². The molecule has 142 valence electrons. The Labute approximate surface area is 171 Å². The molecule has 0 amide bonds. The number of hydrogen-bond acceptors (Lipinski definition) is 7. The summed E-state index contributed by atoms with van der Waals surface area (Å²) in [6, 6.07) is 7.31. The van der Waals surface area contributed by atoms with Crippen LogP contribution in [0, 0.1) is 5.41 Å². The number of ether oxygens (including phenoxy) is 2. The Bertz CT molecular complexity index is 868. The molecule has 10 heteroatoms. The van der Waals surface area contributed by atoms with Crippen molar-refractivity contribution in [3.63, 3.8) is 0 Å². The Hall–Kier alpha value is -2.72. The molecule has 0 aliphatic carbocycles. The second-order valence-electron chi connectivity index (χ2n) is 5.10. The van der Waals surface area contributed by atoms with Gasteiger partial charge in [-0.15, -0.1) is 28.3 Å². The van der Waals surface area contributed by atoms with E-state index in [1.54, 1.807) is 32.7 Å². The van der Waals surface area contributed by atoms with Gasteiger partial charge in [-0.25, -0.2) is 15.0 Å². The lowest BCUT2D eigenvalue weighted by molar-refractivity contribution is 0.384. The van der Waals surface area contributed by atoms with Gasteiger partial charge in [-0.2, -0.15) is 0 Å². The number of methoxy groups -OCH3 is 2. The summed E-state index contributed by atoms with van der Waals surface area (Å²) in [5.74, 6) is 2.06. The number of benzene rings is 1. The number of thiazole rings is 1. The number of nitrogens with one attached hydrogen (secondary N) is 3. The van der Waals surface area contributed by atoms with Crippen molar-refractivity contribution in [3.8, 4) is 23.0 Å². The maximum absolute atomic E-state index is 8.08. The van der Waals surface area contributed by atoms with Crippen molar-refractivity contribution >= 4 is 39.4 Å². The van der Waals surface area contributed by atoms with Crippen molar-refractivity contribution in [1.29, 1.82) is 5.41 Å². The van der Waals surface area contributed by atoms with E-state index >= 15 is 0 Å². The van der Waals surface area contributed by atoms with E-state index in [2.05, 4.69) is 25.6 Å². The minimum Gasteiger partial charge on any atom is -0.496 e. The monoisotopic (exact) mass is 450 g/mol. The average molecular weight is 451 g/mol. The van der Waals surface area contributed by atoms with Crippen LogP contribution < -0.4 is 20.1 Å². The molecule has 27 heavy (non-hydrogen) atoms. The summed E-state index contributed by atoms with van der Waals surface area (Å²) in [4.78, 5) is 12.7. The Morgan fingerprint density at radius 2 is 1.78 bits per heavy atom. The number of halogens is 1. The molecule has 3 rings (SSSR count). The van der Waals surface area contributed by atoms with E-state index in [4.69, 9.17) is 14.9 Å². The van der Waals surface area contributed by atoms with Gasteiger partial charge in [0.05, 0.1) is 26.3 Å². The second kappa shape index (κ2) is 9.83. The molecule has 0 radical (unpaired) electrons. The summed E-state index contributed by atoms with van der Waals surface area (Å²) in [5.41, 5.74) is 1.50. The summed E-state index contributed by atoms with van der Waals surface area (Å²) in [6.07, 6.45) is 3.33. The fourth-order valence-corrected chi connectivity index (χ4v) is 2.99. The van der Waals surface area contributed by atoms with Gasteiger partial charge in [-0.3, -0.25) is 5.41 Å². The zero-order valence-corrected chi connectivity index (χ0v) is 17.3. The van der Waals surface area contributed by atoms with E-state index in [9.17, 15) is 0 Å². The van der Waals surface area contributed by atoms with E-state index in [0.29, 0.717) is 34.7 Å². The highest BCUT2D eigenvalue weighted by molar-refractivity contribution is 8.93. The lowest BCUT2D eigenvalue weighted by atomic mass is 10.1. The van der Waals surface area contributed by atoms with Crippen LogP contribution in [0.5, 0.6) is 11.5 Å². The van der Waals surface area contributed by atoms with Crippen molar-refractivity contribution in [2.75, 3.05) is 19.5 Å². The minimum absolute atomic E-state index is 0. The van der Waals surface area contributed by atoms with Crippen LogP contribution in [-0.2, 0) is 6.54 Å². The molecule has 0 saturated heterocycles. The standard InChI is InChI=1S/C17H18N6O2S.BrH/c1-24-13-5-3-6-14(25-2)11(13)9-21-16(18)23-17-22-12(10-26-17)15-19-7-4-8-20-15;/h3-8,10H,9H2,1-2H3,(H3,18,21,22,23);1H. The Morgan fingerprint density at radius 1 is 1.11 bits per heavy atom. The molecule has 0 saturated carbocycles. The molecule has 0 atom stereocenters. The minimum atomic E-state index is 0. The molecule has 0 fully saturated rings. The third-order valence-corrected chi connectivity index (χ3v) is 4.26. The third-order valence-electron chi connectivity index (χ3n) is 3.50. The molecule has 2 aromatic heterocycles. The van der Waals surface area contributed by atoms with Gasteiger partial charge < -0.3 is 20.1 Å². The van der Waals surface area contributed by atoms with Crippen LogP contribution in [0.15, 0.2) is 42.0 Å². The molecule has 0 unspecified atom stereocenters. The molecule has 3 aromatic rings. The molecule has 1 aromatic carbocycles. The fourth-order valence-electron chi connectivity index (χ4n) is 2.30. The zero-order valence-electron chi connectivity index (χ0n) is 14.7. The predicted molar refractivity (Wildman–Crippen MR) is 111 cm³/mol. The lowest BCUT2D eigenvalue weighted by Gasteiger charge is -2.14. The topological polar surface area (TPSA) is 105 Å². The van der Waals surface area contributed by atoms with Gasteiger partial charge in [0.2, 0.25) is 0 Å². The quantitative estimate of drug-likeness (QED) is 0.390. The number of rotatable bonds is 6. The molecule has 8 nitrogen and oxygen atoms in total. The fraction of sp³-hybridized carbons (Fsp3) is 0.176. The predicted octanol–water partition coefficient (Wildman–Crippen LogP) is 3.33. The van der Waals surface area contributed by atoms with Crippen LogP contribution >= 0.6 is 28.3 Å². The second-order valence-corrected chi connectivity index (χ2v) is 5.96. The smallest absolute Gasteiger partial charge is 0.195 e. The maximum atomic E-state index is 8.08. The highest BCUT2D eigenvalue weighted by Crippen LogP contribution is 2.28. The lowest BCUT2D eigenvalue weighted by Crippen LogP contribution is -2.29. The summed E-state index contributed by atoms with van der Waals surface area (Å²) < 4.78 is 10.7. The van der Waals surface area contributed by atoms with Gasteiger partial charge in [0.15, 0.2) is 16.9 Å². The van der Waals surface area contributed by atoms with E-state index in [1.807, 2.05) is 23.6 Å². The highest BCUT2D eigenvalue weighted by atomic mass is 79.9. The summed E-state index contributed by atoms with van der Waals surface area (Å²) >= 11 is 1.38. The highest BCUT2D eigenvalue weighted by Gasteiger charge is 2.11. The summed E-state index contributed by atoms with van der Waals surface area (Å²) in [5, 5.41) is 16.4. The first-order valence-corrected chi connectivity index (χ1v) is 8.61. The van der Waals surface area contributed by atoms with Gasteiger partial charge in [-0.1, -0.05) is 6.07 Å². The number of nitrogens with zero attached hydrogens (tertiary/aromatic N) is 3. The zero-order chi connectivity index (χ0) is 18.4. The summed E-state index contributed by atoms with van der Waals surface area (Å²) in [7, 11) is 3.20. The summed E-state index contributed by atoms with van der Waals surface area (Å²) in [6.45, 7) is 0.374. The van der Waals surface area contributed by atoms with Crippen LogP contribution in [0.3, 0.4) is 0 Å². The van der Waals surface area contributed by atoms with E-state index < -0.39 is 0 Å². The van der Waals surface area contributed by atoms with Gasteiger partial charge >= 0.3 is 0 Å². The van der Waals surface area contributed by atoms with E-state index in [-0.39, 0.29) is 22.9 Å². The van der Waals surface area contributed by atoms with Crippen molar-refractivity contribution in [1.82, 2.24) is 20.3 Å². The van der Waals surface area contributed by atoms with Gasteiger partial charge in [-0.05, 0) is 18.2 Å². The number of anilines is 1. The van der Waals surface area contributed by atoms with E-state index in [0.717, 1.165) is 5.56 Å². The third kappa shape index (κ3) is 5.14. The average Bonchev–Trinajstić information content (AvgIpc) is 3.15. The Kier molecular flexibility index (Phi) is 7.50. The normalized spacial score (nSPS) is 9.85. The van der Waals surface area contributed by atoms with Crippen molar-refractivity contribution in [2.24, 2.45) is 0 Å². The van der Waals surface area contributed by atoms with Crippen LogP contribution in [0.1, 0.15) is 5.56 Å². The first-order valence-electron chi connectivity index (χ1n) is 7.73. The van der Waals surface area contributed by atoms with Crippen LogP contribution in [0.2, 0.25) is 0 Å². The number of aromatic nitrogens is 3. The van der Waals surface area contributed by atoms with Crippen LogP contribution in [-0.4, -0.2) is 35.1 Å². The molecular weight excluding hydrogens is 432 g/mol. The first-order chi connectivity index (χ1) is 12.7. The molecule has 0 aliphatic rings. The first kappa shape index (κ1) is 20.6. The maximum Gasteiger partial charge on any atom is 0.195 e. The molecule has 0 spiro atoms. The Balaban J connectivity index is 0.00000261. The molecule has 0 aliphatic heterocycles. The molecule has 3 N–H and O–H groups in total. The molecule has 2 heterocycles. The van der Waals surface area contributed by atoms with Crippen molar-refractivity contribution in [2.45, 2.75) is 6.54 Å². The number of guanidine groups is 1. The molecule has 0 bridgehead atoms. The SMILES string of the molecule is Br.COc1cccc(OC)c1CNC(=N)Nc1nc(-c2ncccn2)cs1. The molecular formula is C17H19BrN6O2S. The van der Waals surface area contributed by atoms with Gasteiger partial charge in [0.1, 0.15) is 17.2 Å². The van der Waals surface area contributed by atoms with Crippen LogP contribution in [0.25, 0.3) is 11.5 Å². The largest absolute Gasteiger partial charge is 0.496 e. The van der Waals surface area contributed by atoms with Crippen molar-refractivity contribution < 1.29 is 9.47 Å². The van der Waals surface area contributed by atoms with Gasteiger partial charge in [0, 0.05) is 17.8 Å².